The lowest BCUT2D eigenvalue weighted by molar-refractivity contribution is -0.132. The summed E-state index contributed by atoms with van der Waals surface area (Å²) in [5.41, 5.74) is 2.26. The van der Waals surface area contributed by atoms with Gasteiger partial charge in [-0.25, -0.2) is 0 Å². The van der Waals surface area contributed by atoms with Crippen molar-refractivity contribution in [2.45, 2.75) is 40.2 Å². The van der Waals surface area contributed by atoms with Gasteiger partial charge in [0.05, 0.1) is 6.54 Å². The largest absolute Gasteiger partial charge is 0.337 e. The first-order valence-corrected chi connectivity index (χ1v) is 9.75. The summed E-state index contributed by atoms with van der Waals surface area (Å²) in [7, 11) is 0. The Hall–Kier alpha value is -1.03. The molecule has 0 aliphatic rings. The smallest absolute Gasteiger partial charge is 0.223 e. The third kappa shape index (κ3) is 5.51. The van der Waals surface area contributed by atoms with Crippen molar-refractivity contribution < 1.29 is 4.79 Å². The van der Waals surface area contributed by atoms with Gasteiger partial charge in [0.2, 0.25) is 5.91 Å². The molecule has 0 N–H and O–H groups in total. The van der Waals surface area contributed by atoms with Gasteiger partial charge in [0.1, 0.15) is 0 Å². The van der Waals surface area contributed by atoms with Crippen LogP contribution in [0.1, 0.15) is 36.3 Å². The van der Waals surface area contributed by atoms with Crippen LogP contribution < -0.4 is 0 Å². The van der Waals surface area contributed by atoms with E-state index in [0.717, 1.165) is 12.0 Å². The van der Waals surface area contributed by atoms with Gasteiger partial charge in [-0.15, -0.1) is 11.3 Å². The molecule has 0 saturated heterocycles. The zero-order valence-corrected chi connectivity index (χ0v) is 16.6. The summed E-state index contributed by atoms with van der Waals surface area (Å²) < 4.78 is 0. The highest BCUT2D eigenvalue weighted by Gasteiger charge is 2.17. The Bertz CT molecular complexity index is 696. The SMILES string of the molecule is Cc1ccsc1CN(CCc1ccc(Cl)cc1Cl)C(=O)CC(C)C. The number of benzene rings is 1. The second-order valence-corrected chi connectivity index (χ2v) is 8.27. The molecule has 1 heterocycles. The lowest BCUT2D eigenvalue weighted by Crippen LogP contribution is -2.33. The third-order valence-electron chi connectivity index (χ3n) is 3.90. The summed E-state index contributed by atoms with van der Waals surface area (Å²) in [5, 5.41) is 3.36. The van der Waals surface area contributed by atoms with E-state index in [0.29, 0.717) is 35.5 Å². The van der Waals surface area contributed by atoms with Crippen molar-refractivity contribution in [1.82, 2.24) is 4.90 Å². The van der Waals surface area contributed by atoms with Gasteiger partial charge < -0.3 is 4.90 Å². The van der Waals surface area contributed by atoms with Gasteiger partial charge in [-0.1, -0.05) is 43.1 Å². The molecule has 1 aromatic carbocycles. The van der Waals surface area contributed by atoms with Crippen molar-refractivity contribution in [3.05, 3.63) is 55.7 Å². The Morgan fingerprint density at radius 1 is 1.25 bits per heavy atom. The molecular formula is C19H23Cl2NOS. The van der Waals surface area contributed by atoms with E-state index in [1.54, 1.807) is 17.4 Å². The van der Waals surface area contributed by atoms with E-state index in [-0.39, 0.29) is 5.91 Å². The van der Waals surface area contributed by atoms with Crippen LogP contribution in [-0.2, 0) is 17.8 Å². The molecule has 1 amide bonds. The number of halogens is 2. The summed E-state index contributed by atoms with van der Waals surface area (Å²) in [4.78, 5) is 15.8. The molecule has 130 valence electrons. The van der Waals surface area contributed by atoms with Crippen molar-refractivity contribution >= 4 is 40.4 Å². The average Bonchev–Trinajstić information content (AvgIpc) is 2.89. The van der Waals surface area contributed by atoms with Gasteiger partial charge in [-0.05, 0) is 54.0 Å². The molecule has 0 radical (unpaired) electrons. The fraction of sp³-hybridized carbons (Fsp3) is 0.421. The molecule has 0 atom stereocenters. The van der Waals surface area contributed by atoms with Crippen LogP contribution >= 0.6 is 34.5 Å². The maximum absolute atomic E-state index is 12.6. The van der Waals surface area contributed by atoms with E-state index in [1.807, 2.05) is 17.0 Å². The van der Waals surface area contributed by atoms with E-state index < -0.39 is 0 Å². The lowest BCUT2D eigenvalue weighted by Gasteiger charge is -2.24. The molecule has 0 saturated carbocycles. The van der Waals surface area contributed by atoms with Crippen LogP contribution in [-0.4, -0.2) is 17.4 Å². The van der Waals surface area contributed by atoms with Crippen LogP contribution in [0.25, 0.3) is 0 Å². The first-order valence-electron chi connectivity index (χ1n) is 8.11. The van der Waals surface area contributed by atoms with E-state index >= 15 is 0 Å². The Labute approximate surface area is 158 Å². The fourth-order valence-electron chi connectivity index (χ4n) is 2.49. The van der Waals surface area contributed by atoms with Crippen molar-refractivity contribution in [2.24, 2.45) is 5.92 Å². The number of nitrogens with zero attached hydrogens (tertiary/aromatic N) is 1. The van der Waals surface area contributed by atoms with Gasteiger partial charge in [0.15, 0.2) is 0 Å². The van der Waals surface area contributed by atoms with Crippen molar-refractivity contribution in [3.63, 3.8) is 0 Å². The Morgan fingerprint density at radius 2 is 2.00 bits per heavy atom. The van der Waals surface area contributed by atoms with Crippen molar-refractivity contribution in [3.8, 4) is 0 Å². The quantitative estimate of drug-likeness (QED) is 0.575. The lowest BCUT2D eigenvalue weighted by atomic mass is 10.1. The van der Waals surface area contributed by atoms with E-state index in [9.17, 15) is 4.79 Å². The number of rotatable bonds is 7. The first kappa shape index (κ1) is 19.3. The van der Waals surface area contributed by atoms with Crippen LogP contribution in [0, 0.1) is 12.8 Å². The molecule has 0 bridgehead atoms. The summed E-state index contributed by atoms with van der Waals surface area (Å²) in [5.74, 6) is 0.548. The van der Waals surface area contributed by atoms with Crippen LogP contribution in [0.4, 0.5) is 0 Å². The van der Waals surface area contributed by atoms with Gasteiger partial charge in [-0.3, -0.25) is 4.79 Å². The second-order valence-electron chi connectivity index (χ2n) is 6.43. The molecule has 0 unspecified atom stereocenters. The zero-order valence-electron chi connectivity index (χ0n) is 14.3. The molecular weight excluding hydrogens is 361 g/mol. The van der Waals surface area contributed by atoms with E-state index in [2.05, 4.69) is 32.2 Å². The molecule has 2 rings (SSSR count). The first-order chi connectivity index (χ1) is 11.4. The highest BCUT2D eigenvalue weighted by atomic mass is 35.5. The second kappa shape index (κ2) is 8.89. The minimum absolute atomic E-state index is 0.197. The third-order valence-corrected chi connectivity index (χ3v) is 5.50. The number of hydrogen-bond acceptors (Lipinski definition) is 2. The van der Waals surface area contributed by atoms with E-state index in [1.165, 1.54) is 10.4 Å². The number of thiophene rings is 1. The average molecular weight is 384 g/mol. The molecule has 2 nitrogen and oxygen atoms in total. The van der Waals surface area contributed by atoms with Gasteiger partial charge in [0.25, 0.3) is 0 Å². The van der Waals surface area contributed by atoms with Crippen LogP contribution in [0.5, 0.6) is 0 Å². The Morgan fingerprint density at radius 3 is 2.58 bits per heavy atom. The highest BCUT2D eigenvalue weighted by molar-refractivity contribution is 7.10. The minimum atomic E-state index is 0.197. The molecule has 0 aliphatic carbocycles. The van der Waals surface area contributed by atoms with Crippen LogP contribution in [0.3, 0.4) is 0 Å². The molecule has 1 aromatic heterocycles. The number of carbonyl (C=O) groups is 1. The monoisotopic (exact) mass is 383 g/mol. The van der Waals surface area contributed by atoms with E-state index in [4.69, 9.17) is 23.2 Å². The van der Waals surface area contributed by atoms with Gasteiger partial charge >= 0.3 is 0 Å². The fourth-order valence-corrected chi connectivity index (χ4v) is 3.91. The molecule has 0 aliphatic heterocycles. The minimum Gasteiger partial charge on any atom is -0.337 e. The maximum atomic E-state index is 12.6. The van der Waals surface area contributed by atoms with Crippen LogP contribution in [0.2, 0.25) is 10.0 Å². The van der Waals surface area contributed by atoms with Gasteiger partial charge in [-0.2, -0.15) is 0 Å². The predicted molar refractivity (Wildman–Crippen MR) is 104 cm³/mol. The molecule has 5 heteroatoms. The van der Waals surface area contributed by atoms with Crippen molar-refractivity contribution in [1.29, 1.82) is 0 Å². The Balaban J connectivity index is 2.10. The molecule has 2 aromatic rings. The standard InChI is InChI=1S/C19H23Cl2NOS/c1-13(2)10-19(23)22(12-18-14(3)7-9-24-18)8-6-15-4-5-16(20)11-17(15)21/h4-5,7,9,11,13H,6,8,10,12H2,1-3H3. The predicted octanol–water partition coefficient (Wildman–Crippen LogP) is 5.98. The summed E-state index contributed by atoms with van der Waals surface area (Å²) in [6.07, 6.45) is 1.29. The molecule has 0 spiro atoms. The summed E-state index contributed by atoms with van der Waals surface area (Å²) in [6.45, 7) is 7.56. The topological polar surface area (TPSA) is 20.3 Å². The maximum Gasteiger partial charge on any atom is 0.223 e. The summed E-state index contributed by atoms with van der Waals surface area (Å²) in [6, 6.07) is 7.63. The van der Waals surface area contributed by atoms with Crippen LogP contribution in [0.15, 0.2) is 29.6 Å². The number of aryl methyl sites for hydroxylation is 1. The molecule has 0 fully saturated rings. The normalized spacial score (nSPS) is 11.1. The number of hydrogen-bond donors (Lipinski definition) is 0. The zero-order chi connectivity index (χ0) is 17.7. The highest BCUT2D eigenvalue weighted by Crippen LogP contribution is 2.23. The van der Waals surface area contributed by atoms with Crippen molar-refractivity contribution in [2.75, 3.05) is 6.54 Å². The molecule has 24 heavy (non-hydrogen) atoms. The Kier molecular flexibility index (Phi) is 7.15. The number of amides is 1. The van der Waals surface area contributed by atoms with Gasteiger partial charge in [0, 0.05) is 27.9 Å². The number of carbonyl (C=O) groups excluding carboxylic acids is 1. The summed E-state index contributed by atoms with van der Waals surface area (Å²) >= 11 is 13.9.